The lowest BCUT2D eigenvalue weighted by Gasteiger charge is -2.33. The van der Waals surface area contributed by atoms with Gasteiger partial charge in [0.2, 0.25) is 5.78 Å². The van der Waals surface area contributed by atoms with Crippen LogP contribution in [0, 0.1) is 6.92 Å². The summed E-state index contributed by atoms with van der Waals surface area (Å²) in [6, 6.07) is 6.59. The lowest BCUT2D eigenvalue weighted by molar-refractivity contribution is -0.160. The van der Waals surface area contributed by atoms with Gasteiger partial charge in [-0.05, 0) is 26.0 Å². The number of ketones is 2. The maximum Gasteiger partial charge on any atom is 0.304 e. The number of Topliss-reactive ketones (excluding diaryl/α,β-unsaturated/α-hetero) is 2. The summed E-state index contributed by atoms with van der Waals surface area (Å²) < 4.78 is 16.3. The largest absolute Gasteiger partial charge is 0.496 e. The Labute approximate surface area is 138 Å². The second-order valence-corrected chi connectivity index (χ2v) is 5.64. The summed E-state index contributed by atoms with van der Waals surface area (Å²) in [5.74, 6) is -0.845. The highest BCUT2D eigenvalue weighted by molar-refractivity contribution is 6.24. The number of benzene rings is 1. The normalized spacial score (nSPS) is 18.6. The van der Waals surface area contributed by atoms with Gasteiger partial charge in [-0.3, -0.25) is 14.4 Å². The van der Waals surface area contributed by atoms with Crippen molar-refractivity contribution in [1.29, 1.82) is 0 Å². The van der Waals surface area contributed by atoms with Gasteiger partial charge in [0, 0.05) is 12.5 Å². The summed E-state index contributed by atoms with van der Waals surface area (Å²) in [7, 11) is 1.42. The monoisotopic (exact) mass is 328 g/mol. The van der Waals surface area contributed by atoms with Gasteiger partial charge in [0.25, 0.3) is 5.60 Å². The molecule has 6 nitrogen and oxygen atoms in total. The lowest BCUT2D eigenvalue weighted by Crippen LogP contribution is -2.48. The van der Waals surface area contributed by atoms with E-state index in [2.05, 4.69) is 0 Å². The molecule has 0 saturated heterocycles. The summed E-state index contributed by atoms with van der Waals surface area (Å²) in [6.45, 7) is 4.07. The van der Waals surface area contributed by atoms with Crippen molar-refractivity contribution >= 4 is 17.5 Å². The minimum atomic E-state index is -2.05. The van der Waals surface area contributed by atoms with Crippen LogP contribution in [0.4, 0.5) is 0 Å². The Morgan fingerprint density at radius 2 is 1.92 bits per heavy atom. The number of rotatable bonds is 3. The van der Waals surface area contributed by atoms with Crippen molar-refractivity contribution in [3.63, 3.8) is 0 Å². The first-order chi connectivity index (χ1) is 11.3. The van der Waals surface area contributed by atoms with Crippen LogP contribution in [0.1, 0.15) is 35.5 Å². The molecule has 1 atom stereocenters. The van der Waals surface area contributed by atoms with E-state index in [9.17, 15) is 14.4 Å². The summed E-state index contributed by atoms with van der Waals surface area (Å²) in [5.41, 5.74) is -1.14. The van der Waals surface area contributed by atoms with Gasteiger partial charge in [0.15, 0.2) is 5.78 Å². The molecule has 0 fully saturated rings. The van der Waals surface area contributed by atoms with E-state index in [1.165, 1.54) is 14.0 Å². The van der Waals surface area contributed by atoms with Crippen LogP contribution >= 0.6 is 0 Å². The number of aryl methyl sites for hydroxylation is 1. The molecule has 1 heterocycles. The molecule has 0 amide bonds. The SMILES string of the molecule is COc1cccc2c1C(=O)C(OC(C)=O)(C(C)=O)c1cc(C)oc1-2. The van der Waals surface area contributed by atoms with E-state index >= 15 is 0 Å². The van der Waals surface area contributed by atoms with Crippen molar-refractivity contribution in [2.75, 3.05) is 7.11 Å². The fraction of sp³-hybridized carbons (Fsp3) is 0.278. The quantitative estimate of drug-likeness (QED) is 0.636. The Hall–Kier alpha value is -2.89. The molecule has 1 aliphatic rings. The molecule has 1 aliphatic carbocycles. The van der Waals surface area contributed by atoms with Crippen LogP contribution in [0.5, 0.6) is 5.75 Å². The van der Waals surface area contributed by atoms with Gasteiger partial charge in [-0.15, -0.1) is 0 Å². The predicted octanol–water partition coefficient (Wildman–Crippen LogP) is 2.81. The average molecular weight is 328 g/mol. The standard InChI is InChI=1S/C18H16O6/c1-9-8-13-16(23-9)12-6-5-7-14(22-4)15(12)17(21)18(13,10(2)19)24-11(3)20/h5-8H,1-4H3. The molecule has 24 heavy (non-hydrogen) atoms. The summed E-state index contributed by atoms with van der Waals surface area (Å²) >= 11 is 0. The first kappa shape index (κ1) is 16.0. The molecule has 0 radical (unpaired) electrons. The van der Waals surface area contributed by atoms with Crippen LogP contribution in [-0.2, 0) is 19.9 Å². The fourth-order valence-corrected chi connectivity index (χ4v) is 3.14. The predicted molar refractivity (Wildman–Crippen MR) is 83.9 cm³/mol. The highest BCUT2D eigenvalue weighted by atomic mass is 16.6. The third kappa shape index (κ3) is 1.99. The molecule has 0 aliphatic heterocycles. The molecule has 6 heteroatoms. The second-order valence-electron chi connectivity index (χ2n) is 5.64. The zero-order valence-corrected chi connectivity index (χ0v) is 13.8. The molecular weight excluding hydrogens is 312 g/mol. The molecule has 0 N–H and O–H groups in total. The maximum atomic E-state index is 13.2. The number of fused-ring (bicyclic) bond motifs is 3. The fourth-order valence-electron chi connectivity index (χ4n) is 3.14. The Bertz CT molecular complexity index is 876. The van der Waals surface area contributed by atoms with Gasteiger partial charge < -0.3 is 13.9 Å². The van der Waals surface area contributed by atoms with Crippen molar-refractivity contribution in [2.45, 2.75) is 26.4 Å². The van der Waals surface area contributed by atoms with Crippen LogP contribution in [0.2, 0.25) is 0 Å². The number of hydrogen-bond acceptors (Lipinski definition) is 6. The van der Waals surface area contributed by atoms with Gasteiger partial charge in [0.05, 0.1) is 18.2 Å². The molecule has 1 unspecified atom stereocenters. The van der Waals surface area contributed by atoms with Crippen LogP contribution in [0.3, 0.4) is 0 Å². The summed E-state index contributed by atoms with van der Waals surface area (Å²) in [5, 5.41) is 0. The van der Waals surface area contributed by atoms with Crippen molar-refractivity contribution in [3.05, 3.63) is 41.2 Å². The zero-order valence-electron chi connectivity index (χ0n) is 13.8. The summed E-state index contributed by atoms with van der Waals surface area (Å²) in [6.07, 6.45) is 0. The number of ether oxygens (including phenoxy) is 2. The smallest absolute Gasteiger partial charge is 0.304 e. The first-order valence-electron chi connectivity index (χ1n) is 7.36. The van der Waals surface area contributed by atoms with E-state index in [0.717, 1.165) is 6.92 Å². The number of carbonyl (C=O) groups is 3. The molecule has 0 saturated carbocycles. The third-order valence-electron chi connectivity index (χ3n) is 4.06. The van der Waals surface area contributed by atoms with E-state index < -0.39 is 23.1 Å². The van der Waals surface area contributed by atoms with Crippen LogP contribution < -0.4 is 4.74 Å². The maximum absolute atomic E-state index is 13.2. The minimum absolute atomic E-state index is 0.165. The number of furan rings is 1. The summed E-state index contributed by atoms with van der Waals surface area (Å²) in [4.78, 5) is 37.4. The van der Waals surface area contributed by atoms with Gasteiger partial charge >= 0.3 is 5.97 Å². The number of methoxy groups -OCH3 is 1. The van der Waals surface area contributed by atoms with Crippen molar-refractivity contribution in [2.24, 2.45) is 0 Å². The minimum Gasteiger partial charge on any atom is -0.496 e. The Morgan fingerprint density at radius 1 is 1.21 bits per heavy atom. The molecular formula is C18H16O6. The molecule has 1 aromatic heterocycles. The third-order valence-corrected chi connectivity index (χ3v) is 4.06. The van der Waals surface area contributed by atoms with Crippen LogP contribution in [-0.4, -0.2) is 24.6 Å². The first-order valence-corrected chi connectivity index (χ1v) is 7.36. The topological polar surface area (TPSA) is 82.8 Å². The van der Waals surface area contributed by atoms with Crippen LogP contribution in [0.25, 0.3) is 11.3 Å². The Balaban J connectivity index is 2.43. The number of carbonyl (C=O) groups excluding carboxylic acids is 3. The highest BCUT2D eigenvalue weighted by Crippen LogP contribution is 2.48. The molecule has 0 spiro atoms. The van der Waals surface area contributed by atoms with E-state index in [4.69, 9.17) is 13.9 Å². The zero-order chi connectivity index (χ0) is 17.6. The second kappa shape index (κ2) is 5.33. The van der Waals surface area contributed by atoms with E-state index in [1.54, 1.807) is 31.2 Å². The van der Waals surface area contributed by atoms with Crippen LogP contribution in [0.15, 0.2) is 28.7 Å². The average Bonchev–Trinajstić information content (AvgIpc) is 2.92. The van der Waals surface area contributed by atoms with Gasteiger partial charge in [-0.25, -0.2) is 0 Å². The molecule has 2 aromatic rings. The Kier molecular flexibility index (Phi) is 3.55. The van der Waals surface area contributed by atoms with Gasteiger partial charge in [-0.1, -0.05) is 12.1 Å². The molecule has 1 aromatic carbocycles. The molecule has 124 valence electrons. The molecule has 0 bridgehead atoms. The van der Waals surface area contributed by atoms with Gasteiger partial charge in [-0.2, -0.15) is 0 Å². The van der Waals surface area contributed by atoms with Crippen molar-refractivity contribution in [3.8, 4) is 17.1 Å². The molecule has 3 rings (SSSR count). The Morgan fingerprint density at radius 3 is 2.50 bits per heavy atom. The van der Waals surface area contributed by atoms with Gasteiger partial charge in [0.1, 0.15) is 17.3 Å². The number of hydrogen-bond donors (Lipinski definition) is 0. The van der Waals surface area contributed by atoms with E-state index in [-0.39, 0.29) is 16.9 Å². The van der Waals surface area contributed by atoms with E-state index in [0.29, 0.717) is 17.1 Å². The lowest BCUT2D eigenvalue weighted by atomic mass is 9.75. The number of esters is 1. The van der Waals surface area contributed by atoms with Crippen molar-refractivity contribution in [1.82, 2.24) is 0 Å². The van der Waals surface area contributed by atoms with E-state index in [1.807, 2.05) is 0 Å². The van der Waals surface area contributed by atoms with Crippen molar-refractivity contribution < 1.29 is 28.3 Å². The highest BCUT2D eigenvalue weighted by Gasteiger charge is 2.56.